The van der Waals surface area contributed by atoms with E-state index in [-0.39, 0.29) is 5.41 Å². The van der Waals surface area contributed by atoms with E-state index in [2.05, 4.69) is 6.07 Å². The van der Waals surface area contributed by atoms with Crippen LogP contribution in [-0.4, -0.2) is 7.11 Å². The molecule has 0 aliphatic carbocycles. The van der Waals surface area contributed by atoms with Crippen molar-refractivity contribution in [1.82, 2.24) is 0 Å². The zero-order valence-corrected chi connectivity index (χ0v) is 9.58. The number of ether oxygens (including phenoxy) is 1. The number of nitrogens with zero attached hydrogens (tertiary/aromatic N) is 1. The van der Waals surface area contributed by atoms with Gasteiger partial charge in [0.1, 0.15) is 5.75 Å². The molecule has 1 aromatic rings. The van der Waals surface area contributed by atoms with Gasteiger partial charge in [0.25, 0.3) is 0 Å². The fourth-order valence-corrected chi connectivity index (χ4v) is 1.51. The fourth-order valence-electron chi connectivity index (χ4n) is 1.51. The molecule has 0 bridgehead atoms. The average molecular weight is 203 g/mol. The van der Waals surface area contributed by atoms with Gasteiger partial charge in [-0.15, -0.1) is 0 Å². The van der Waals surface area contributed by atoms with E-state index in [1.807, 2.05) is 38.1 Å². The van der Waals surface area contributed by atoms with Crippen LogP contribution in [0.3, 0.4) is 0 Å². The zero-order chi connectivity index (χ0) is 11.3. The Balaban J connectivity index is 2.94. The lowest BCUT2D eigenvalue weighted by Gasteiger charge is -2.20. The summed E-state index contributed by atoms with van der Waals surface area (Å²) >= 11 is 0. The predicted octanol–water partition coefficient (Wildman–Crippen LogP) is 3.18. The van der Waals surface area contributed by atoms with Crippen LogP contribution >= 0.6 is 0 Å². The highest BCUT2D eigenvalue weighted by Gasteiger charge is 2.23. The SMILES string of the molecule is CCC(C)(C#N)Cc1ccccc1OC. The second kappa shape index (κ2) is 4.84. The summed E-state index contributed by atoms with van der Waals surface area (Å²) in [7, 11) is 1.66. The third-order valence-electron chi connectivity index (χ3n) is 2.82. The van der Waals surface area contributed by atoms with Crippen LogP contribution in [0.5, 0.6) is 5.75 Å². The van der Waals surface area contributed by atoms with E-state index >= 15 is 0 Å². The number of methoxy groups -OCH3 is 1. The van der Waals surface area contributed by atoms with E-state index in [1.165, 1.54) is 0 Å². The number of hydrogen-bond donors (Lipinski definition) is 0. The van der Waals surface area contributed by atoms with Gasteiger partial charge in [0, 0.05) is 0 Å². The molecule has 1 atom stereocenters. The smallest absolute Gasteiger partial charge is 0.122 e. The van der Waals surface area contributed by atoms with Crippen LogP contribution in [0.1, 0.15) is 25.8 Å². The van der Waals surface area contributed by atoms with Crippen molar-refractivity contribution in [2.75, 3.05) is 7.11 Å². The highest BCUT2D eigenvalue weighted by molar-refractivity contribution is 5.34. The maximum atomic E-state index is 9.12. The monoisotopic (exact) mass is 203 g/mol. The second-order valence-electron chi connectivity index (χ2n) is 4.01. The average Bonchev–Trinajstić information content (AvgIpc) is 2.29. The molecule has 0 amide bonds. The van der Waals surface area contributed by atoms with Crippen LogP contribution in [0, 0.1) is 16.7 Å². The molecule has 80 valence electrons. The minimum atomic E-state index is -0.297. The molecule has 0 aliphatic heterocycles. The topological polar surface area (TPSA) is 33.0 Å². The molecule has 15 heavy (non-hydrogen) atoms. The summed E-state index contributed by atoms with van der Waals surface area (Å²) in [5.74, 6) is 0.868. The fraction of sp³-hybridized carbons (Fsp3) is 0.462. The van der Waals surface area contributed by atoms with E-state index in [4.69, 9.17) is 10.00 Å². The van der Waals surface area contributed by atoms with Crippen molar-refractivity contribution in [3.05, 3.63) is 29.8 Å². The van der Waals surface area contributed by atoms with Gasteiger partial charge in [0.05, 0.1) is 18.6 Å². The molecule has 0 aromatic heterocycles. The van der Waals surface area contributed by atoms with Crippen molar-refractivity contribution >= 4 is 0 Å². The van der Waals surface area contributed by atoms with Crippen molar-refractivity contribution < 1.29 is 4.74 Å². The molecular formula is C13H17NO. The Morgan fingerprint density at radius 2 is 2.07 bits per heavy atom. The third kappa shape index (κ3) is 2.73. The molecule has 0 saturated heterocycles. The van der Waals surface area contributed by atoms with Gasteiger partial charge in [-0.25, -0.2) is 0 Å². The van der Waals surface area contributed by atoms with Crippen molar-refractivity contribution in [3.63, 3.8) is 0 Å². The Bertz CT molecular complexity index is 367. The van der Waals surface area contributed by atoms with Crippen molar-refractivity contribution in [3.8, 4) is 11.8 Å². The van der Waals surface area contributed by atoms with Crippen LogP contribution in [0.15, 0.2) is 24.3 Å². The van der Waals surface area contributed by atoms with Crippen LogP contribution in [-0.2, 0) is 6.42 Å². The quantitative estimate of drug-likeness (QED) is 0.753. The van der Waals surface area contributed by atoms with Crippen molar-refractivity contribution in [2.24, 2.45) is 5.41 Å². The van der Waals surface area contributed by atoms with Crippen molar-refractivity contribution in [2.45, 2.75) is 26.7 Å². The summed E-state index contributed by atoms with van der Waals surface area (Å²) < 4.78 is 5.27. The molecule has 2 heteroatoms. The standard InChI is InChI=1S/C13H17NO/c1-4-13(2,10-14)9-11-7-5-6-8-12(11)15-3/h5-8H,4,9H2,1-3H3. The first-order chi connectivity index (χ1) is 7.15. The van der Waals surface area contributed by atoms with Gasteiger partial charge in [-0.2, -0.15) is 5.26 Å². The molecule has 0 heterocycles. The highest BCUT2D eigenvalue weighted by Crippen LogP contribution is 2.29. The molecule has 1 aromatic carbocycles. The van der Waals surface area contributed by atoms with Gasteiger partial charge in [-0.3, -0.25) is 0 Å². The van der Waals surface area contributed by atoms with Crippen LogP contribution in [0.4, 0.5) is 0 Å². The minimum absolute atomic E-state index is 0.297. The van der Waals surface area contributed by atoms with Gasteiger partial charge >= 0.3 is 0 Å². The van der Waals surface area contributed by atoms with E-state index < -0.39 is 0 Å². The highest BCUT2D eigenvalue weighted by atomic mass is 16.5. The predicted molar refractivity (Wildman–Crippen MR) is 60.7 cm³/mol. The normalized spacial score (nSPS) is 14.0. The number of para-hydroxylation sites is 1. The van der Waals surface area contributed by atoms with Crippen LogP contribution in [0.25, 0.3) is 0 Å². The van der Waals surface area contributed by atoms with Gasteiger partial charge in [0.15, 0.2) is 0 Å². The Morgan fingerprint density at radius 3 is 2.60 bits per heavy atom. The first-order valence-corrected chi connectivity index (χ1v) is 5.18. The van der Waals surface area contributed by atoms with Crippen LogP contribution in [0.2, 0.25) is 0 Å². The summed E-state index contributed by atoms with van der Waals surface area (Å²) in [6.07, 6.45) is 1.59. The number of benzene rings is 1. The molecule has 0 fully saturated rings. The Labute approximate surface area is 91.5 Å². The number of rotatable bonds is 4. The first-order valence-electron chi connectivity index (χ1n) is 5.18. The third-order valence-corrected chi connectivity index (χ3v) is 2.82. The number of hydrogen-bond acceptors (Lipinski definition) is 2. The summed E-state index contributed by atoms with van der Waals surface area (Å²) in [4.78, 5) is 0. The lowest BCUT2D eigenvalue weighted by molar-refractivity contribution is 0.385. The van der Waals surface area contributed by atoms with Gasteiger partial charge in [0.2, 0.25) is 0 Å². The lowest BCUT2D eigenvalue weighted by atomic mass is 9.82. The van der Waals surface area contributed by atoms with Crippen LogP contribution < -0.4 is 4.74 Å². The van der Waals surface area contributed by atoms with E-state index in [1.54, 1.807) is 7.11 Å². The molecule has 2 nitrogen and oxygen atoms in total. The van der Waals surface area contributed by atoms with Gasteiger partial charge < -0.3 is 4.74 Å². The first kappa shape index (κ1) is 11.6. The summed E-state index contributed by atoms with van der Waals surface area (Å²) in [5, 5.41) is 9.12. The molecule has 1 rings (SSSR count). The summed E-state index contributed by atoms with van der Waals surface area (Å²) in [5.41, 5.74) is 0.806. The Kier molecular flexibility index (Phi) is 3.74. The van der Waals surface area contributed by atoms with E-state index in [9.17, 15) is 0 Å². The minimum Gasteiger partial charge on any atom is -0.496 e. The lowest BCUT2D eigenvalue weighted by Crippen LogP contribution is -2.16. The largest absolute Gasteiger partial charge is 0.496 e. The molecule has 0 radical (unpaired) electrons. The molecular weight excluding hydrogens is 186 g/mol. The molecule has 0 saturated carbocycles. The summed E-state index contributed by atoms with van der Waals surface area (Å²) in [6, 6.07) is 10.2. The van der Waals surface area contributed by atoms with Crippen molar-refractivity contribution in [1.29, 1.82) is 5.26 Å². The second-order valence-corrected chi connectivity index (χ2v) is 4.01. The Morgan fingerprint density at radius 1 is 1.40 bits per heavy atom. The molecule has 0 N–H and O–H groups in total. The maximum absolute atomic E-state index is 9.12. The van der Waals surface area contributed by atoms with E-state index in [0.717, 1.165) is 24.2 Å². The summed E-state index contributed by atoms with van der Waals surface area (Å²) in [6.45, 7) is 4.03. The van der Waals surface area contributed by atoms with Gasteiger partial charge in [-0.1, -0.05) is 25.1 Å². The van der Waals surface area contributed by atoms with E-state index in [0.29, 0.717) is 0 Å². The maximum Gasteiger partial charge on any atom is 0.122 e. The molecule has 0 aliphatic rings. The molecule has 0 spiro atoms. The molecule has 1 unspecified atom stereocenters. The Hall–Kier alpha value is -1.49. The van der Waals surface area contributed by atoms with Gasteiger partial charge in [-0.05, 0) is 31.4 Å². The zero-order valence-electron chi connectivity index (χ0n) is 9.58. The number of nitriles is 1.